The van der Waals surface area contributed by atoms with E-state index in [4.69, 9.17) is 4.74 Å². The van der Waals surface area contributed by atoms with E-state index in [1.807, 2.05) is 0 Å². The first-order valence-electron chi connectivity index (χ1n) is 9.46. The van der Waals surface area contributed by atoms with E-state index in [1.54, 1.807) is 27.7 Å². The number of carbonyl (C=O) groups excluding carboxylic acids is 3. The van der Waals surface area contributed by atoms with Crippen molar-refractivity contribution in [1.82, 2.24) is 10.6 Å². The Morgan fingerprint density at radius 1 is 1.00 bits per heavy atom. The predicted octanol–water partition coefficient (Wildman–Crippen LogP) is 2.95. The monoisotopic (exact) mass is 356 g/mol. The van der Waals surface area contributed by atoms with Gasteiger partial charge >= 0.3 is 5.97 Å². The largest absolute Gasteiger partial charge is 0.464 e. The minimum absolute atomic E-state index is 0.0440. The van der Waals surface area contributed by atoms with Crippen LogP contribution in [-0.4, -0.2) is 37.0 Å². The molecule has 0 saturated heterocycles. The highest BCUT2D eigenvalue weighted by atomic mass is 16.5. The molecule has 0 fully saturated rings. The Bertz CT molecular complexity index is 416. The standard InChI is InChI=1S/C19H36N2O4/c1-6-8-11-14-20-16(22)13-10-9-12-15(17(23)25-7-2)21-18(24)19(3,4)5/h15H,6-14H2,1-5H3,(H,20,22)(H,21,24). The van der Waals surface area contributed by atoms with Gasteiger partial charge in [-0.05, 0) is 26.2 Å². The van der Waals surface area contributed by atoms with Crippen LogP contribution in [0.15, 0.2) is 0 Å². The molecule has 146 valence electrons. The van der Waals surface area contributed by atoms with Crippen molar-refractivity contribution in [3.05, 3.63) is 0 Å². The SMILES string of the molecule is CCCCCNC(=O)CCCCC(NC(=O)C(C)(C)C)C(=O)OCC. The zero-order chi connectivity index (χ0) is 19.3. The maximum atomic E-state index is 12.1. The normalized spacial score (nSPS) is 12.4. The van der Waals surface area contributed by atoms with Crippen molar-refractivity contribution in [2.24, 2.45) is 5.41 Å². The maximum absolute atomic E-state index is 12.1. The van der Waals surface area contributed by atoms with Crippen molar-refractivity contribution in [2.45, 2.75) is 85.6 Å². The first kappa shape index (κ1) is 23.4. The Morgan fingerprint density at radius 3 is 2.24 bits per heavy atom. The lowest BCUT2D eigenvalue weighted by atomic mass is 9.94. The third kappa shape index (κ3) is 11.6. The van der Waals surface area contributed by atoms with Crippen LogP contribution in [0.5, 0.6) is 0 Å². The van der Waals surface area contributed by atoms with Crippen molar-refractivity contribution >= 4 is 17.8 Å². The summed E-state index contributed by atoms with van der Waals surface area (Å²) in [5.74, 6) is -0.550. The molecule has 0 aromatic heterocycles. The average Bonchev–Trinajstić information content (AvgIpc) is 2.53. The maximum Gasteiger partial charge on any atom is 0.328 e. The lowest BCUT2D eigenvalue weighted by Crippen LogP contribution is -2.46. The summed E-state index contributed by atoms with van der Waals surface area (Å²) in [5.41, 5.74) is -0.566. The van der Waals surface area contributed by atoms with Gasteiger partial charge in [-0.15, -0.1) is 0 Å². The second-order valence-electron chi connectivity index (χ2n) is 7.33. The fourth-order valence-corrected chi connectivity index (χ4v) is 2.19. The minimum Gasteiger partial charge on any atom is -0.464 e. The van der Waals surface area contributed by atoms with Gasteiger partial charge in [0.25, 0.3) is 0 Å². The Morgan fingerprint density at radius 2 is 1.68 bits per heavy atom. The number of carbonyl (C=O) groups is 3. The van der Waals surface area contributed by atoms with E-state index >= 15 is 0 Å². The lowest BCUT2D eigenvalue weighted by Gasteiger charge is -2.23. The van der Waals surface area contributed by atoms with Crippen LogP contribution in [0.25, 0.3) is 0 Å². The summed E-state index contributed by atoms with van der Waals surface area (Å²) in [6.07, 6.45) is 5.53. The zero-order valence-corrected chi connectivity index (χ0v) is 16.6. The Kier molecular flexibility index (Phi) is 11.9. The van der Waals surface area contributed by atoms with E-state index in [9.17, 15) is 14.4 Å². The summed E-state index contributed by atoms with van der Waals surface area (Å²) < 4.78 is 5.04. The van der Waals surface area contributed by atoms with Gasteiger partial charge in [-0.2, -0.15) is 0 Å². The van der Waals surface area contributed by atoms with Gasteiger partial charge in [-0.25, -0.2) is 4.79 Å². The summed E-state index contributed by atoms with van der Waals surface area (Å²) in [7, 11) is 0. The number of rotatable bonds is 12. The fraction of sp³-hybridized carbons (Fsp3) is 0.842. The van der Waals surface area contributed by atoms with Crippen molar-refractivity contribution < 1.29 is 19.1 Å². The highest BCUT2D eigenvalue weighted by Gasteiger charge is 2.28. The number of nitrogens with one attached hydrogen (secondary N) is 2. The van der Waals surface area contributed by atoms with E-state index < -0.39 is 17.4 Å². The van der Waals surface area contributed by atoms with Crippen molar-refractivity contribution in [3.63, 3.8) is 0 Å². The van der Waals surface area contributed by atoms with E-state index in [1.165, 1.54) is 0 Å². The van der Waals surface area contributed by atoms with Gasteiger partial charge in [-0.3, -0.25) is 9.59 Å². The van der Waals surface area contributed by atoms with Crippen LogP contribution >= 0.6 is 0 Å². The molecule has 0 spiro atoms. The molecule has 6 nitrogen and oxygen atoms in total. The molecule has 0 aliphatic heterocycles. The molecule has 0 heterocycles. The van der Waals surface area contributed by atoms with Crippen LogP contribution in [0.2, 0.25) is 0 Å². The molecular weight excluding hydrogens is 320 g/mol. The molecule has 0 aromatic rings. The molecule has 6 heteroatoms. The molecule has 0 bridgehead atoms. The third-order valence-corrected chi connectivity index (χ3v) is 3.81. The second-order valence-corrected chi connectivity index (χ2v) is 7.33. The van der Waals surface area contributed by atoms with Gasteiger partial charge in [0, 0.05) is 18.4 Å². The molecule has 0 rings (SSSR count). The van der Waals surface area contributed by atoms with Crippen LogP contribution in [-0.2, 0) is 19.1 Å². The number of unbranched alkanes of at least 4 members (excludes halogenated alkanes) is 3. The number of hydrogen-bond donors (Lipinski definition) is 2. The van der Waals surface area contributed by atoms with E-state index in [0.29, 0.717) is 25.7 Å². The van der Waals surface area contributed by atoms with Crippen LogP contribution < -0.4 is 10.6 Å². The molecule has 1 atom stereocenters. The number of ether oxygens (including phenoxy) is 1. The smallest absolute Gasteiger partial charge is 0.328 e. The van der Waals surface area contributed by atoms with E-state index in [-0.39, 0.29) is 18.4 Å². The van der Waals surface area contributed by atoms with Crippen molar-refractivity contribution in [1.29, 1.82) is 0 Å². The fourth-order valence-electron chi connectivity index (χ4n) is 2.19. The predicted molar refractivity (Wildman–Crippen MR) is 99.0 cm³/mol. The Hall–Kier alpha value is -1.59. The molecule has 1 unspecified atom stereocenters. The number of amides is 2. The minimum atomic E-state index is -0.653. The lowest BCUT2D eigenvalue weighted by molar-refractivity contribution is -0.148. The summed E-state index contributed by atoms with van der Waals surface area (Å²) in [6.45, 7) is 10.3. The van der Waals surface area contributed by atoms with Crippen LogP contribution in [0.3, 0.4) is 0 Å². The van der Waals surface area contributed by atoms with Gasteiger partial charge in [0.2, 0.25) is 11.8 Å². The molecule has 0 radical (unpaired) electrons. The summed E-state index contributed by atoms with van der Waals surface area (Å²) >= 11 is 0. The third-order valence-electron chi connectivity index (χ3n) is 3.81. The highest BCUT2D eigenvalue weighted by molar-refractivity contribution is 5.87. The Balaban J connectivity index is 4.24. The molecule has 0 saturated carbocycles. The van der Waals surface area contributed by atoms with Crippen molar-refractivity contribution in [2.75, 3.05) is 13.2 Å². The molecule has 2 amide bonds. The van der Waals surface area contributed by atoms with Crippen LogP contribution in [0.1, 0.15) is 79.6 Å². The van der Waals surface area contributed by atoms with Gasteiger partial charge in [0.1, 0.15) is 6.04 Å². The van der Waals surface area contributed by atoms with Gasteiger partial charge in [-0.1, -0.05) is 47.0 Å². The molecular formula is C19H36N2O4. The molecule has 0 aliphatic carbocycles. The summed E-state index contributed by atoms with van der Waals surface area (Å²) in [6, 6.07) is -0.653. The number of hydrogen-bond acceptors (Lipinski definition) is 4. The zero-order valence-electron chi connectivity index (χ0n) is 16.6. The van der Waals surface area contributed by atoms with Gasteiger partial charge in [0.15, 0.2) is 0 Å². The van der Waals surface area contributed by atoms with E-state index in [2.05, 4.69) is 17.6 Å². The summed E-state index contributed by atoms with van der Waals surface area (Å²) in [5, 5.41) is 5.66. The van der Waals surface area contributed by atoms with E-state index in [0.717, 1.165) is 25.8 Å². The molecule has 25 heavy (non-hydrogen) atoms. The quantitative estimate of drug-likeness (QED) is 0.416. The van der Waals surface area contributed by atoms with Crippen LogP contribution in [0.4, 0.5) is 0 Å². The average molecular weight is 357 g/mol. The second kappa shape index (κ2) is 12.7. The first-order chi connectivity index (χ1) is 11.7. The topological polar surface area (TPSA) is 84.5 Å². The Labute approximate surface area is 152 Å². The van der Waals surface area contributed by atoms with Gasteiger partial charge < -0.3 is 15.4 Å². The summed E-state index contributed by atoms with van der Waals surface area (Å²) in [4.78, 5) is 35.9. The highest BCUT2D eigenvalue weighted by Crippen LogP contribution is 2.14. The first-order valence-corrected chi connectivity index (χ1v) is 9.46. The molecule has 2 N–H and O–H groups in total. The van der Waals surface area contributed by atoms with Gasteiger partial charge in [0.05, 0.1) is 6.61 Å². The van der Waals surface area contributed by atoms with Crippen molar-refractivity contribution in [3.8, 4) is 0 Å². The number of esters is 1. The molecule has 0 aromatic carbocycles. The van der Waals surface area contributed by atoms with Crippen LogP contribution in [0, 0.1) is 5.41 Å². The molecule has 0 aliphatic rings.